The van der Waals surface area contributed by atoms with Crippen LogP contribution < -0.4 is 0 Å². The Labute approximate surface area is 301 Å². The minimum absolute atomic E-state index is 0.168. The molecule has 0 unspecified atom stereocenters. The van der Waals surface area contributed by atoms with Crippen LogP contribution in [-0.2, 0) is 23.2 Å². The normalized spacial score (nSPS) is 16.0. The van der Waals surface area contributed by atoms with Gasteiger partial charge < -0.3 is 4.74 Å². The summed E-state index contributed by atoms with van der Waals surface area (Å²) in [6.45, 7) is 8.90. The molecule has 1 heterocycles. The Hall–Kier alpha value is -5.55. The van der Waals surface area contributed by atoms with Crippen molar-refractivity contribution in [2.24, 2.45) is 11.8 Å². The van der Waals surface area contributed by atoms with Crippen molar-refractivity contribution in [3.05, 3.63) is 194 Å². The third-order valence-corrected chi connectivity index (χ3v) is 9.55. The van der Waals surface area contributed by atoms with Crippen LogP contribution in [0.3, 0.4) is 0 Å². The number of hydrogen-bond acceptors (Lipinski definition) is 4. The molecule has 1 aliphatic heterocycles. The van der Waals surface area contributed by atoms with E-state index in [0.717, 1.165) is 59.1 Å². The lowest BCUT2D eigenvalue weighted by molar-refractivity contribution is -0.386. The maximum absolute atomic E-state index is 13.8. The summed E-state index contributed by atoms with van der Waals surface area (Å²) in [6, 6.07) is 41.4. The van der Waals surface area contributed by atoms with Crippen molar-refractivity contribution >= 4 is 22.8 Å². The molecule has 1 aliphatic rings. The molecule has 0 amide bonds. The second kappa shape index (κ2) is 15.6. The van der Waals surface area contributed by atoms with E-state index in [4.69, 9.17) is 4.74 Å². The predicted octanol–water partition coefficient (Wildman–Crippen LogP) is 11.4. The molecule has 0 fully saturated rings. The minimum Gasteiger partial charge on any atom is -0.442 e. The van der Waals surface area contributed by atoms with Crippen molar-refractivity contribution < 1.29 is 14.5 Å². The van der Waals surface area contributed by atoms with E-state index in [-0.39, 0.29) is 16.8 Å². The van der Waals surface area contributed by atoms with Gasteiger partial charge in [0.25, 0.3) is 5.69 Å². The molecule has 51 heavy (non-hydrogen) atoms. The molecule has 0 aliphatic carbocycles. The molecule has 0 saturated carbocycles. The quantitative estimate of drug-likeness (QED) is 0.0707. The van der Waals surface area contributed by atoms with Crippen molar-refractivity contribution in [3.8, 4) is 0 Å². The highest BCUT2D eigenvalue weighted by molar-refractivity contribution is 5.99. The molecule has 0 spiro atoms. The molecular formula is C46H45NO4. The number of nitrogens with zero attached hydrogens (tertiary/aromatic N) is 1. The average Bonchev–Trinajstić information content (AvgIpc) is 3.43. The molecule has 258 valence electrons. The van der Waals surface area contributed by atoms with E-state index in [2.05, 4.69) is 76.2 Å². The summed E-state index contributed by atoms with van der Waals surface area (Å²) in [5.41, 5.74) is 6.36. The van der Waals surface area contributed by atoms with Gasteiger partial charge in [0.1, 0.15) is 0 Å². The number of carbonyl (C=O) groups is 1. The number of rotatable bonds is 13. The van der Waals surface area contributed by atoms with Gasteiger partial charge in [-0.3, -0.25) is 10.1 Å². The molecular weight excluding hydrogens is 631 g/mol. The van der Waals surface area contributed by atoms with Gasteiger partial charge in [-0.05, 0) is 100 Å². The molecule has 5 nitrogen and oxygen atoms in total. The molecule has 5 aromatic carbocycles. The predicted molar refractivity (Wildman–Crippen MR) is 206 cm³/mol. The molecule has 0 atom stereocenters. The molecule has 0 aromatic heterocycles. The number of nitro benzene ring substituents is 1. The van der Waals surface area contributed by atoms with E-state index in [1.54, 1.807) is 12.1 Å². The summed E-state index contributed by atoms with van der Waals surface area (Å²) < 4.78 is 6.44. The van der Waals surface area contributed by atoms with Gasteiger partial charge in [0.15, 0.2) is 5.60 Å². The van der Waals surface area contributed by atoms with E-state index in [9.17, 15) is 14.9 Å². The fourth-order valence-corrected chi connectivity index (χ4v) is 6.72. The van der Waals surface area contributed by atoms with Crippen LogP contribution >= 0.6 is 0 Å². The van der Waals surface area contributed by atoms with Gasteiger partial charge in [-0.25, -0.2) is 4.79 Å². The highest BCUT2D eigenvalue weighted by Crippen LogP contribution is 2.48. The fraction of sp³-hybridized carbons (Fsp3) is 0.239. The lowest BCUT2D eigenvalue weighted by atomic mass is 9.82. The van der Waals surface area contributed by atoms with Crippen molar-refractivity contribution in [1.29, 1.82) is 0 Å². The van der Waals surface area contributed by atoms with Crippen LogP contribution in [0, 0.1) is 22.0 Å². The van der Waals surface area contributed by atoms with Crippen LogP contribution in [0.5, 0.6) is 0 Å². The number of nitro groups is 1. The van der Waals surface area contributed by atoms with E-state index in [1.165, 1.54) is 17.2 Å². The average molecular weight is 676 g/mol. The van der Waals surface area contributed by atoms with Crippen LogP contribution in [0.15, 0.2) is 140 Å². The van der Waals surface area contributed by atoms with Crippen LogP contribution in [-0.4, -0.2) is 10.9 Å². The summed E-state index contributed by atoms with van der Waals surface area (Å²) in [5.74, 6) is 0.590. The highest BCUT2D eigenvalue weighted by atomic mass is 16.6. The van der Waals surface area contributed by atoms with Gasteiger partial charge in [0.05, 0.1) is 16.1 Å². The number of ether oxygens (including phenoxy) is 1. The summed E-state index contributed by atoms with van der Waals surface area (Å²) >= 11 is 0. The van der Waals surface area contributed by atoms with Crippen molar-refractivity contribution in [1.82, 2.24) is 0 Å². The number of benzene rings is 5. The number of hydrogen-bond donors (Lipinski definition) is 0. The molecule has 5 heteroatoms. The Morgan fingerprint density at radius 1 is 0.627 bits per heavy atom. The minimum atomic E-state index is -1.61. The maximum Gasteiger partial charge on any atom is 0.340 e. The highest BCUT2D eigenvalue weighted by Gasteiger charge is 2.48. The Bertz CT molecular complexity index is 1930. The van der Waals surface area contributed by atoms with Crippen molar-refractivity contribution in [2.45, 2.75) is 59.0 Å². The number of carbonyl (C=O) groups excluding carboxylic acids is 1. The smallest absolute Gasteiger partial charge is 0.340 e. The first-order valence-corrected chi connectivity index (χ1v) is 17.9. The number of esters is 1. The van der Waals surface area contributed by atoms with Gasteiger partial charge in [0, 0.05) is 6.07 Å². The molecule has 0 saturated heterocycles. The molecule has 0 bridgehead atoms. The Kier molecular flexibility index (Phi) is 10.8. The maximum atomic E-state index is 13.8. The van der Waals surface area contributed by atoms with Gasteiger partial charge in [-0.15, -0.1) is 0 Å². The second-order valence-corrected chi connectivity index (χ2v) is 14.2. The number of fused-ring (bicyclic) bond motifs is 1. The second-order valence-electron chi connectivity index (χ2n) is 14.2. The van der Waals surface area contributed by atoms with Crippen LogP contribution in [0.2, 0.25) is 0 Å². The van der Waals surface area contributed by atoms with E-state index >= 15 is 0 Å². The monoisotopic (exact) mass is 675 g/mol. The number of cyclic esters (lactones) is 1. The Morgan fingerprint density at radius 2 is 1.06 bits per heavy atom. The van der Waals surface area contributed by atoms with Gasteiger partial charge in [-0.1, -0.05) is 143 Å². The SMILES string of the molecule is CC(C)CCc1ccc(/C(=C/C2(/C=C(\c3ccccc3)c3ccc(CCC(C)C)cc3)OC(=O)c3cccc([N+](=O)[O-])c32)c2ccccc2)cc1. The Morgan fingerprint density at radius 3 is 1.47 bits per heavy atom. The molecule has 0 N–H and O–H groups in total. The first-order chi connectivity index (χ1) is 24.6. The fourth-order valence-electron chi connectivity index (χ4n) is 6.72. The van der Waals surface area contributed by atoms with Crippen molar-refractivity contribution in [2.75, 3.05) is 0 Å². The van der Waals surface area contributed by atoms with Crippen LogP contribution in [0.1, 0.15) is 89.8 Å². The van der Waals surface area contributed by atoms with E-state index in [0.29, 0.717) is 11.8 Å². The lowest BCUT2D eigenvalue weighted by Gasteiger charge is -2.26. The number of aryl methyl sites for hydroxylation is 2. The zero-order valence-electron chi connectivity index (χ0n) is 29.8. The van der Waals surface area contributed by atoms with Crippen LogP contribution in [0.25, 0.3) is 11.1 Å². The first-order valence-electron chi connectivity index (χ1n) is 17.9. The third kappa shape index (κ3) is 8.10. The van der Waals surface area contributed by atoms with Gasteiger partial charge in [-0.2, -0.15) is 0 Å². The molecule has 6 rings (SSSR count). The van der Waals surface area contributed by atoms with E-state index in [1.807, 2.05) is 72.8 Å². The zero-order chi connectivity index (χ0) is 36.0. The van der Waals surface area contributed by atoms with Gasteiger partial charge >= 0.3 is 5.97 Å². The zero-order valence-corrected chi connectivity index (χ0v) is 29.8. The summed E-state index contributed by atoms with van der Waals surface area (Å²) in [7, 11) is 0. The molecule has 5 aromatic rings. The Balaban J connectivity index is 1.62. The summed E-state index contributed by atoms with van der Waals surface area (Å²) in [4.78, 5) is 26.1. The van der Waals surface area contributed by atoms with Gasteiger partial charge in [0.2, 0.25) is 0 Å². The van der Waals surface area contributed by atoms with Crippen molar-refractivity contribution in [3.63, 3.8) is 0 Å². The van der Waals surface area contributed by atoms with Crippen LogP contribution in [0.4, 0.5) is 5.69 Å². The third-order valence-electron chi connectivity index (χ3n) is 9.55. The lowest BCUT2D eigenvalue weighted by Crippen LogP contribution is -2.23. The first kappa shape index (κ1) is 35.3. The summed E-state index contributed by atoms with van der Waals surface area (Å²) in [5, 5.41) is 12.7. The standard InChI is InChI=1S/C46H45NO4/c1-32(2)18-20-34-22-26-38(27-23-34)41(36-12-7-5-8-13-36)30-46(44-40(45(48)51-46)16-11-17-43(44)47(49)50)31-42(37-14-9-6-10-15-37)39-28-24-35(25-29-39)21-19-33(3)4/h5-17,22-33H,18-21H2,1-4H3/b41-30+,42-31+. The van der Waals surface area contributed by atoms with E-state index < -0.39 is 16.5 Å². The summed E-state index contributed by atoms with van der Waals surface area (Å²) in [6.07, 6.45) is 7.94. The topological polar surface area (TPSA) is 69.4 Å². The largest absolute Gasteiger partial charge is 0.442 e. The molecule has 0 radical (unpaired) electrons.